The maximum Gasteiger partial charge on any atom is 0.257 e. The number of hydrogen-bond donors (Lipinski definition) is 2. The van der Waals surface area contributed by atoms with E-state index in [2.05, 4.69) is 20.8 Å². The van der Waals surface area contributed by atoms with Crippen LogP contribution < -0.4 is 15.4 Å². The van der Waals surface area contributed by atoms with Gasteiger partial charge in [0, 0.05) is 11.3 Å². The number of hydrogen-bond acceptors (Lipinski definition) is 7. The van der Waals surface area contributed by atoms with Gasteiger partial charge in [0.1, 0.15) is 11.6 Å². The number of halogens is 1. The zero-order valence-electron chi connectivity index (χ0n) is 14.6. The van der Waals surface area contributed by atoms with E-state index in [4.69, 9.17) is 4.74 Å². The highest BCUT2D eigenvalue weighted by Gasteiger charge is 2.12. The van der Waals surface area contributed by atoms with Gasteiger partial charge in [-0.05, 0) is 48.5 Å². The van der Waals surface area contributed by atoms with Gasteiger partial charge in [-0.3, -0.25) is 14.9 Å². The normalized spacial score (nSPS) is 10.4. The largest absolute Gasteiger partial charge is 0.497 e. The summed E-state index contributed by atoms with van der Waals surface area (Å²) < 4.78 is 18.5. The maximum atomic E-state index is 12.9. The van der Waals surface area contributed by atoms with Crippen LogP contribution in [0.2, 0.25) is 0 Å². The summed E-state index contributed by atoms with van der Waals surface area (Å²) in [7, 11) is 1.55. The zero-order valence-corrected chi connectivity index (χ0v) is 16.3. The van der Waals surface area contributed by atoms with Crippen LogP contribution in [0.25, 0.3) is 0 Å². The average Bonchev–Trinajstić information content (AvgIpc) is 3.15. The van der Waals surface area contributed by atoms with Gasteiger partial charge in [-0.1, -0.05) is 23.1 Å². The van der Waals surface area contributed by atoms with Crippen molar-refractivity contribution in [3.63, 3.8) is 0 Å². The molecule has 1 aromatic heterocycles. The number of nitrogens with zero attached hydrogens (tertiary/aromatic N) is 2. The van der Waals surface area contributed by atoms with Crippen molar-refractivity contribution >= 4 is 45.7 Å². The van der Waals surface area contributed by atoms with E-state index in [1.165, 1.54) is 47.4 Å². The van der Waals surface area contributed by atoms with Crippen molar-refractivity contribution < 1.29 is 18.7 Å². The monoisotopic (exact) mass is 418 g/mol. The lowest BCUT2D eigenvalue weighted by Crippen LogP contribution is -2.13. The van der Waals surface area contributed by atoms with E-state index >= 15 is 0 Å². The fraction of sp³-hybridized carbons (Fsp3) is 0.111. The maximum absolute atomic E-state index is 12.9. The quantitative estimate of drug-likeness (QED) is 0.449. The Bertz CT molecular complexity index is 962. The van der Waals surface area contributed by atoms with Crippen LogP contribution in [0.15, 0.2) is 52.9 Å². The molecule has 0 fully saturated rings. The van der Waals surface area contributed by atoms with Gasteiger partial charge >= 0.3 is 0 Å². The van der Waals surface area contributed by atoms with E-state index in [0.717, 1.165) is 0 Å². The van der Waals surface area contributed by atoms with Gasteiger partial charge < -0.3 is 10.1 Å². The molecular weight excluding hydrogens is 403 g/mol. The Kier molecular flexibility index (Phi) is 6.56. The number of methoxy groups -OCH3 is 1. The van der Waals surface area contributed by atoms with E-state index in [9.17, 15) is 14.0 Å². The molecule has 2 amide bonds. The second-order valence-corrected chi connectivity index (χ2v) is 7.60. The van der Waals surface area contributed by atoms with Crippen LogP contribution in [-0.4, -0.2) is 34.9 Å². The highest BCUT2D eigenvalue weighted by Crippen LogP contribution is 2.26. The summed E-state index contributed by atoms with van der Waals surface area (Å²) in [5.74, 6) is -0.172. The Labute approximate surface area is 168 Å². The Balaban J connectivity index is 1.49. The molecule has 0 saturated carbocycles. The number of carbonyl (C=O) groups is 2. The number of aromatic nitrogens is 2. The lowest BCUT2D eigenvalue weighted by Gasteiger charge is -2.03. The number of nitrogens with one attached hydrogen (secondary N) is 2. The van der Waals surface area contributed by atoms with Crippen LogP contribution in [0.4, 0.5) is 15.2 Å². The van der Waals surface area contributed by atoms with Crippen molar-refractivity contribution in [2.24, 2.45) is 0 Å². The molecular formula is C18H15FN4O3S2. The molecule has 3 aromatic rings. The van der Waals surface area contributed by atoms with Gasteiger partial charge in [0.15, 0.2) is 4.34 Å². The molecule has 3 rings (SSSR count). The molecule has 7 nitrogen and oxygen atoms in total. The number of amides is 2. The zero-order chi connectivity index (χ0) is 19.9. The van der Waals surface area contributed by atoms with Crippen molar-refractivity contribution in [3.8, 4) is 5.75 Å². The summed E-state index contributed by atoms with van der Waals surface area (Å²) >= 11 is 2.36. The van der Waals surface area contributed by atoms with Crippen LogP contribution in [0.3, 0.4) is 0 Å². The Hall–Kier alpha value is -2.98. The van der Waals surface area contributed by atoms with Crippen LogP contribution >= 0.6 is 23.1 Å². The van der Waals surface area contributed by atoms with Crippen molar-refractivity contribution in [2.75, 3.05) is 23.5 Å². The minimum atomic E-state index is -0.370. The summed E-state index contributed by atoms with van der Waals surface area (Å²) in [5, 5.41) is 13.5. The number of rotatable bonds is 7. The lowest BCUT2D eigenvalue weighted by molar-refractivity contribution is -0.113. The van der Waals surface area contributed by atoms with Crippen LogP contribution in [0.5, 0.6) is 5.75 Å². The molecule has 0 aliphatic carbocycles. The SMILES string of the molecule is COc1ccc(C(=O)Nc2nnc(SCC(=O)Nc3ccc(F)cc3)s2)cc1. The highest BCUT2D eigenvalue weighted by molar-refractivity contribution is 8.01. The first-order chi connectivity index (χ1) is 13.5. The minimum Gasteiger partial charge on any atom is -0.497 e. The second-order valence-electron chi connectivity index (χ2n) is 5.40. The first-order valence-corrected chi connectivity index (χ1v) is 9.81. The first-order valence-electron chi connectivity index (χ1n) is 8.00. The van der Waals surface area contributed by atoms with Crippen LogP contribution in [-0.2, 0) is 4.79 Å². The summed E-state index contributed by atoms with van der Waals surface area (Å²) in [6.07, 6.45) is 0. The molecule has 0 aliphatic heterocycles. The molecule has 0 saturated heterocycles. The molecule has 0 bridgehead atoms. The molecule has 144 valence electrons. The summed E-state index contributed by atoms with van der Waals surface area (Å²) in [4.78, 5) is 24.1. The second kappa shape index (κ2) is 9.29. The first kappa shape index (κ1) is 19.8. The number of anilines is 2. The number of benzene rings is 2. The predicted octanol–water partition coefficient (Wildman–Crippen LogP) is 3.67. The van der Waals surface area contributed by atoms with Crippen molar-refractivity contribution in [1.29, 1.82) is 0 Å². The van der Waals surface area contributed by atoms with Crippen LogP contribution in [0, 0.1) is 5.82 Å². The molecule has 0 atom stereocenters. The molecule has 0 unspecified atom stereocenters. The van der Waals surface area contributed by atoms with Crippen molar-refractivity contribution in [2.45, 2.75) is 4.34 Å². The Morgan fingerprint density at radius 2 is 1.79 bits per heavy atom. The Morgan fingerprint density at radius 3 is 2.46 bits per heavy atom. The number of thioether (sulfide) groups is 1. The fourth-order valence-corrected chi connectivity index (χ4v) is 3.63. The number of ether oxygens (including phenoxy) is 1. The van der Waals surface area contributed by atoms with Gasteiger partial charge in [-0.25, -0.2) is 4.39 Å². The Morgan fingerprint density at radius 1 is 1.07 bits per heavy atom. The van der Waals surface area contributed by atoms with E-state index in [0.29, 0.717) is 26.5 Å². The highest BCUT2D eigenvalue weighted by atomic mass is 32.2. The molecule has 0 aliphatic rings. The third-order valence-electron chi connectivity index (χ3n) is 3.43. The molecule has 0 radical (unpaired) electrons. The van der Waals surface area contributed by atoms with Gasteiger partial charge in [0.05, 0.1) is 12.9 Å². The molecule has 28 heavy (non-hydrogen) atoms. The number of carbonyl (C=O) groups excluding carboxylic acids is 2. The fourth-order valence-electron chi connectivity index (χ4n) is 2.09. The molecule has 2 aromatic carbocycles. The topological polar surface area (TPSA) is 93.2 Å². The molecule has 2 N–H and O–H groups in total. The third kappa shape index (κ3) is 5.51. The molecule has 1 heterocycles. The van der Waals surface area contributed by atoms with Crippen molar-refractivity contribution in [3.05, 3.63) is 59.9 Å². The predicted molar refractivity (Wildman–Crippen MR) is 107 cm³/mol. The van der Waals surface area contributed by atoms with Gasteiger partial charge in [0.25, 0.3) is 5.91 Å². The standard InChI is InChI=1S/C18H15FN4O3S2/c1-26-14-8-2-11(3-9-14)16(25)21-17-22-23-18(28-17)27-10-15(24)20-13-6-4-12(19)5-7-13/h2-9H,10H2,1H3,(H,20,24)(H,21,22,25). The lowest BCUT2D eigenvalue weighted by atomic mass is 10.2. The summed E-state index contributed by atoms with van der Waals surface area (Å²) in [5.41, 5.74) is 0.973. The summed E-state index contributed by atoms with van der Waals surface area (Å²) in [6.45, 7) is 0. The van der Waals surface area contributed by atoms with Gasteiger partial charge in [-0.15, -0.1) is 10.2 Å². The van der Waals surface area contributed by atoms with Gasteiger partial charge in [0.2, 0.25) is 11.0 Å². The average molecular weight is 418 g/mol. The smallest absolute Gasteiger partial charge is 0.257 e. The third-order valence-corrected chi connectivity index (χ3v) is 5.41. The molecule has 10 heteroatoms. The summed E-state index contributed by atoms with van der Waals surface area (Å²) in [6, 6.07) is 12.2. The van der Waals surface area contributed by atoms with Crippen molar-refractivity contribution in [1.82, 2.24) is 10.2 Å². The minimum absolute atomic E-state index is 0.110. The van der Waals surface area contributed by atoms with Gasteiger partial charge in [-0.2, -0.15) is 0 Å². The van der Waals surface area contributed by atoms with Crippen LogP contribution in [0.1, 0.15) is 10.4 Å². The van der Waals surface area contributed by atoms with E-state index in [1.807, 2.05) is 0 Å². The molecule has 0 spiro atoms. The van der Waals surface area contributed by atoms with E-state index in [-0.39, 0.29) is 23.4 Å². The van der Waals surface area contributed by atoms with E-state index < -0.39 is 0 Å². The van der Waals surface area contributed by atoms with E-state index in [1.54, 1.807) is 31.4 Å².